The molecular formula is C24H32N3O2+. The Morgan fingerprint density at radius 2 is 1.79 bits per heavy atom. The van der Waals surface area contributed by atoms with Gasteiger partial charge in [0.05, 0.1) is 33.3 Å². The first kappa shape index (κ1) is 20.9. The van der Waals surface area contributed by atoms with E-state index in [1.54, 1.807) is 7.11 Å². The molecule has 5 heteroatoms. The van der Waals surface area contributed by atoms with Gasteiger partial charge in [-0.25, -0.2) is 0 Å². The van der Waals surface area contributed by atoms with Crippen molar-refractivity contribution >= 4 is 16.8 Å². The highest BCUT2D eigenvalue weighted by Gasteiger charge is 2.15. The summed E-state index contributed by atoms with van der Waals surface area (Å²) in [6.07, 6.45) is 1.19. The molecule has 0 aliphatic carbocycles. The Balaban J connectivity index is 1.73. The summed E-state index contributed by atoms with van der Waals surface area (Å²) >= 11 is 0. The number of aromatic nitrogens is 1. The zero-order valence-corrected chi connectivity index (χ0v) is 17.7. The van der Waals surface area contributed by atoms with Crippen molar-refractivity contribution in [2.45, 2.75) is 26.7 Å². The number of aromatic amines is 1. The van der Waals surface area contributed by atoms with Crippen molar-refractivity contribution in [1.82, 2.24) is 10.3 Å². The molecule has 0 bridgehead atoms. The van der Waals surface area contributed by atoms with Gasteiger partial charge in [0.2, 0.25) is 5.91 Å². The lowest BCUT2D eigenvalue weighted by atomic mass is 10.0. The Hall–Kier alpha value is -2.79. The lowest BCUT2D eigenvalue weighted by Gasteiger charge is -2.15. The van der Waals surface area contributed by atoms with Gasteiger partial charge in [-0.05, 0) is 61.7 Å². The van der Waals surface area contributed by atoms with Crippen LogP contribution in [0.5, 0.6) is 5.75 Å². The lowest BCUT2D eigenvalue weighted by Crippen LogP contribution is -3.12. The number of benzene rings is 2. The van der Waals surface area contributed by atoms with E-state index in [0.717, 1.165) is 48.7 Å². The van der Waals surface area contributed by atoms with Crippen LogP contribution in [0.15, 0.2) is 48.5 Å². The summed E-state index contributed by atoms with van der Waals surface area (Å²) < 4.78 is 5.28. The Morgan fingerprint density at radius 3 is 2.48 bits per heavy atom. The number of carbonyl (C=O) groups excluding carboxylic acids is 1. The predicted octanol–water partition coefficient (Wildman–Crippen LogP) is 2.82. The number of hydrogen-bond donors (Lipinski definition) is 3. The van der Waals surface area contributed by atoms with E-state index in [2.05, 4.69) is 48.4 Å². The molecule has 0 aliphatic rings. The van der Waals surface area contributed by atoms with Crippen LogP contribution in [-0.4, -0.2) is 44.2 Å². The molecule has 0 radical (unpaired) electrons. The number of ether oxygens (including phenoxy) is 1. The SMILES string of the molecule is CC[NH+](CC)CCNC(=O)CCc1c(-c2ccc(OC)cc2)[nH]c2ccccc12. The first-order valence-electron chi connectivity index (χ1n) is 10.5. The lowest BCUT2D eigenvalue weighted by molar-refractivity contribution is -0.895. The van der Waals surface area contributed by atoms with Crippen molar-refractivity contribution in [1.29, 1.82) is 0 Å². The number of H-pyrrole nitrogens is 1. The fraction of sp³-hybridized carbons (Fsp3) is 0.375. The van der Waals surface area contributed by atoms with Crippen LogP contribution in [0.1, 0.15) is 25.8 Å². The number of fused-ring (bicyclic) bond motifs is 1. The molecule has 3 aromatic rings. The van der Waals surface area contributed by atoms with Gasteiger partial charge in [-0.15, -0.1) is 0 Å². The van der Waals surface area contributed by atoms with Crippen LogP contribution >= 0.6 is 0 Å². The van der Waals surface area contributed by atoms with Gasteiger partial charge in [-0.1, -0.05) is 18.2 Å². The second kappa shape index (κ2) is 10.1. The van der Waals surface area contributed by atoms with Gasteiger partial charge in [0.15, 0.2) is 0 Å². The third kappa shape index (κ3) is 5.18. The predicted molar refractivity (Wildman–Crippen MR) is 119 cm³/mol. The molecule has 154 valence electrons. The molecule has 2 aromatic carbocycles. The number of hydrogen-bond acceptors (Lipinski definition) is 2. The number of para-hydroxylation sites is 1. The molecule has 5 nitrogen and oxygen atoms in total. The monoisotopic (exact) mass is 394 g/mol. The van der Waals surface area contributed by atoms with E-state index in [1.807, 2.05) is 24.3 Å². The summed E-state index contributed by atoms with van der Waals surface area (Å²) in [4.78, 5) is 17.5. The minimum atomic E-state index is 0.113. The topological polar surface area (TPSA) is 58.6 Å². The van der Waals surface area contributed by atoms with Crippen molar-refractivity contribution in [3.8, 4) is 17.0 Å². The summed E-state index contributed by atoms with van der Waals surface area (Å²) in [6.45, 7) is 8.24. The van der Waals surface area contributed by atoms with Crippen molar-refractivity contribution < 1.29 is 14.4 Å². The maximum absolute atomic E-state index is 12.4. The largest absolute Gasteiger partial charge is 0.497 e. The number of methoxy groups -OCH3 is 1. The van der Waals surface area contributed by atoms with Crippen LogP contribution in [0.25, 0.3) is 22.2 Å². The first-order valence-corrected chi connectivity index (χ1v) is 10.5. The second-order valence-corrected chi connectivity index (χ2v) is 7.31. The molecule has 3 rings (SSSR count). The molecular weight excluding hydrogens is 362 g/mol. The summed E-state index contributed by atoms with van der Waals surface area (Å²) in [5, 5.41) is 4.26. The Morgan fingerprint density at radius 1 is 1.07 bits per heavy atom. The van der Waals surface area contributed by atoms with E-state index in [1.165, 1.54) is 15.8 Å². The maximum atomic E-state index is 12.4. The van der Waals surface area contributed by atoms with Gasteiger partial charge in [-0.3, -0.25) is 4.79 Å². The quantitative estimate of drug-likeness (QED) is 0.495. The van der Waals surface area contributed by atoms with Crippen LogP contribution < -0.4 is 15.0 Å². The van der Waals surface area contributed by atoms with Crippen molar-refractivity contribution in [2.24, 2.45) is 0 Å². The minimum absolute atomic E-state index is 0.113. The number of quaternary nitrogens is 1. The third-order valence-corrected chi connectivity index (χ3v) is 5.60. The van der Waals surface area contributed by atoms with E-state index >= 15 is 0 Å². The molecule has 1 amide bonds. The highest BCUT2D eigenvalue weighted by atomic mass is 16.5. The van der Waals surface area contributed by atoms with Crippen molar-refractivity contribution in [3.05, 3.63) is 54.1 Å². The summed E-state index contributed by atoms with van der Waals surface area (Å²) in [6, 6.07) is 16.3. The van der Waals surface area contributed by atoms with Crippen LogP contribution in [-0.2, 0) is 11.2 Å². The highest BCUT2D eigenvalue weighted by Crippen LogP contribution is 2.32. The van der Waals surface area contributed by atoms with Gasteiger partial charge in [-0.2, -0.15) is 0 Å². The van der Waals surface area contributed by atoms with E-state index in [-0.39, 0.29) is 5.91 Å². The molecule has 0 saturated carbocycles. The van der Waals surface area contributed by atoms with E-state index < -0.39 is 0 Å². The smallest absolute Gasteiger partial charge is 0.220 e. The van der Waals surface area contributed by atoms with Crippen LogP contribution in [0, 0.1) is 0 Å². The van der Waals surface area contributed by atoms with Crippen LogP contribution in [0.4, 0.5) is 0 Å². The van der Waals surface area contributed by atoms with Crippen molar-refractivity contribution in [2.75, 3.05) is 33.3 Å². The number of amides is 1. The summed E-state index contributed by atoms with van der Waals surface area (Å²) in [5.41, 5.74) is 4.46. The normalized spacial score (nSPS) is 11.2. The van der Waals surface area contributed by atoms with E-state index in [0.29, 0.717) is 12.8 Å². The average molecular weight is 395 g/mol. The fourth-order valence-electron chi connectivity index (χ4n) is 3.77. The molecule has 29 heavy (non-hydrogen) atoms. The molecule has 1 aromatic heterocycles. The fourth-order valence-corrected chi connectivity index (χ4v) is 3.77. The number of carbonyl (C=O) groups is 1. The highest BCUT2D eigenvalue weighted by molar-refractivity contribution is 5.91. The molecule has 0 fully saturated rings. The summed E-state index contributed by atoms with van der Waals surface area (Å²) in [7, 11) is 1.67. The van der Waals surface area contributed by atoms with Gasteiger partial charge in [0.1, 0.15) is 5.75 Å². The third-order valence-electron chi connectivity index (χ3n) is 5.60. The molecule has 0 aliphatic heterocycles. The molecule has 0 saturated heterocycles. The van der Waals surface area contributed by atoms with Crippen LogP contribution in [0.3, 0.4) is 0 Å². The number of likely N-dealkylation sites (N-methyl/N-ethyl adjacent to an activating group) is 1. The van der Waals surface area contributed by atoms with Gasteiger partial charge in [0, 0.05) is 23.0 Å². The Kier molecular flexibility index (Phi) is 7.30. The number of nitrogens with one attached hydrogen (secondary N) is 3. The van der Waals surface area contributed by atoms with Gasteiger partial charge < -0.3 is 19.9 Å². The minimum Gasteiger partial charge on any atom is -0.497 e. The average Bonchev–Trinajstić information content (AvgIpc) is 3.14. The van der Waals surface area contributed by atoms with E-state index in [4.69, 9.17) is 4.74 Å². The van der Waals surface area contributed by atoms with Crippen LogP contribution in [0.2, 0.25) is 0 Å². The van der Waals surface area contributed by atoms with E-state index in [9.17, 15) is 4.79 Å². The molecule has 3 N–H and O–H groups in total. The molecule has 0 unspecified atom stereocenters. The zero-order valence-electron chi connectivity index (χ0n) is 17.7. The van der Waals surface area contributed by atoms with Gasteiger partial charge in [0.25, 0.3) is 0 Å². The standard InChI is InChI=1S/C24H31N3O2/c1-4-27(5-2)17-16-25-23(28)15-14-21-20-8-6-7-9-22(20)26-24(21)18-10-12-19(29-3)13-11-18/h6-13,26H,4-5,14-17H2,1-3H3,(H,25,28)/p+1. The molecule has 1 heterocycles. The zero-order chi connectivity index (χ0) is 20.6. The van der Waals surface area contributed by atoms with Gasteiger partial charge >= 0.3 is 0 Å². The summed E-state index contributed by atoms with van der Waals surface area (Å²) in [5.74, 6) is 0.948. The molecule has 0 spiro atoms. The first-order chi connectivity index (χ1) is 14.2. The Bertz CT molecular complexity index is 927. The second-order valence-electron chi connectivity index (χ2n) is 7.31. The molecule has 0 atom stereocenters. The van der Waals surface area contributed by atoms with Crippen molar-refractivity contribution in [3.63, 3.8) is 0 Å². The maximum Gasteiger partial charge on any atom is 0.220 e. The Labute approximate surface area is 173 Å². The number of aryl methyl sites for hydroxylation is 1. The number of rotatable bonds is 10.